The molecule has 1 aromatic rings. The molecule has 0 atom stereocenters. The summed E-state index contributed by atoms with van der Waals surface area (Å²) in [6, 6.07) is 9.57. The first-order valence-corrected chi connectivity index (χ1v) is 9.76. The Morgan fingerprint density at radius 3 is 2.33 bits per heavy atom. The SMILES string of the molecule is C[N+](C)(CCCCS(=O)(=O)O)CCCC(=O)OCc1ccccc1. The van der Waals surface area contributed by atoms with Gasteiger partial charge in [0.15, 0.2) is 0 Å². The molecule has 0 amide bonds. The predicted molar refractivity (Wildman–Crippen MR) is 93.0 cm³/mol. The van der Waals surface area contributed by atoms with E-state index in [-0.39, 0.29) is 11.7 Å². The van der Waals surface area contributed by atoms with Crippen LogP contribution in [0.1, 0.15) is 31.2 Å². The zero-order valence-corrected chi connectivity index (χ0v) is 15.3. The van der Waals surface area contributed by atoms with E-state index in [4.69, 9.17) is 9.29 Å². The summed E-state index contributed by atoms with van der Waals surface area (Å²) in [5, 5.41) is 0. The van der Waals surface area contributed by atoms with Gasteiger partial charge in [-0.1, -0.05) is 30.3 Å². The van der Waals surface area contributed by atoms with E-state index >= 15 is 0 Å². The molecule has 0 fully saturated rings. The lowest BCUT2D eigenvalue weighted by Gasteiger charge is -2.29. The minimum Gasteiger partial charge on any atom is -0.461 e. The highest BCUT2D eigenvalue weighted by atomic mass is 32.2. The Morgan fingerprint density at radius 2 is 1.71 bits per heavy atom. The van der Waals surface area contributed by atoms with Crippen LogP contribution in [0.2, 0.25) is 0 Å². The number of benzene rings is 1. The Balaban J connectivity index is 2.16. The maximum Gasteiger partial charge on any atom is 0.306 e. The van der Waals surface area contributed by atoms with E-state index in [0.717, 1.165) is 25.1 Å². The van der Waals surface area contributed by atoms with Gasteiger partial charge in [0.25, 0.3) is 10.1 Å². The molecule has 0 aromatic heterocycles. The number of rotatable bonds is 11. The van der Waals surface area contributed by atoms with Gasteiger partial charge < -0.3 is 9.22 Å². The number of hydrogen-bond acceptors (Lipinski definition) is 4. The number of ether oxygens (including phenoxy) is 1. The lowest BCUT2D eigenvalue weighted by Crippen LogP contribution is -2.41. The smallest absolute Gasteiger partial charge is 0.306 e. The number of quaternary nitrogens is 1. The van der Waals surface area contributed by atoms with Crippen molar-refractivity contribution in [2.24, 2.45) is 0 Å². The standard InChI is InChI=1S/C17H27NO5S/c1-18(2,12-6-7-14-24(20,21)22)13-8-11-17(19)23-15-16-9-4-3-5-10-16/h3-5,9-10H,6-8,11-15H2,1-2H3/p+1. The number of carbonyl (C=O) groups is 1. The minimum absolute atomic E-state index is 0.196. The zero-order valence-electron chi connectivity index (χ0n) is 14.5. The van der Waals surface area contributed by atoms with Crippen molar-refractivity contribution in [1.82, 2.24) is 0 Å². The Bertz CT molecular complexity index is 599. The van der Waals surface area contributed by atoms with E-state index in [9.17, 15) is 13.2 Å². The Labute approximate surface area is 144 Å². The highest BCUT2D eigenvalue weighted by Gasteiger charge is 2.16. The van der Waals surface area contributed by atoms with Gasteiger partial charge in [0, 0.05) is 6.42 Å². The van der Waals surface area contributed by atoms with Crippen molar-refractivity contribution in [3.63, 3.8) is 0 Å². The number of esters is 1. The van der Waals surface area contributed by atoms with Gasteiger partial charge in [0.05, 0.1) is 39.4 Å². The summed E-state index contributed by atoms with van der Waals surface area (Å²) < 4.78 is 36.0. The third kappa shape index (κ3) is 10.4. The molecular weight excluding hydrogens is 330 g/mol. The summed E-state index contributed by atoms with van der Waals surface area (Å²) in [5.41, 5.74) is 0.973. The normalized spacial score (nSPS) is 12.1. The molecule has 6 nitrogen and oxygen atoms in total. The van der Waals surface area contributed by atoms with Crippen LogP contribution in [0.15, 0.2) is 30.3 Å². The average molecular weight is 358 g/mol. The van der Waals surface area contributed by atoms with Gasteiger partial charge in [0.1, 0.15) is 6.61 Å². The first kappa shape index (κ1) is 20.6. The van der Waals surface area contributed by atoms with Crippen molar-refractivity contribution in [3.8, 4) is 0 Å². The third-order valence-electron chi connectivity index (χ3n) is 3.80. The Morgan fingerprint density at radius 1 is 1.08 bits per heavy atom. The molecule has 136 valence electrons. The lowest BCUT2D eigenvalue weighted by atomic mass is 10.2. The van der Waals surface area contributed by atoms with Crippen molar-refractivity contribution in [2.45, 2.75) is 32.3 Å². The summed E-state index contributed by atoms with van der Waals surface area (Å²) in [7, 11) is 0.221. The molecule has 0 aliphatic carbocycles. The fourth-order valence-corrected chi connectivity index (χ4v) is 2.97. The highest BCUT2D eigenvalue weighted by Crippen LogP contribution is 2.08. The van der Waals surface area contributed by atoms with Crippen molar-refractivity contribution in [2.75, 3.05) is 32.9 Å². The van der Waals surface area contributed by atoms with Gasteiger partial charge in [-0.25, -0.2) is 0 Å². The lowest BCUT2D eigenvalue weighted by molar-refractivity contribution is -0.890. The highest BCUT2D eigenvalue weighted by molar-refractivity contribution is 7.85. The van der Waals surface area contributed by atoms with Crippen LogP contribution < -0.4 is 0 Å². The van der Waals surface area contributed by atoms with E-state index in [1.807, 2.05) is 44.4 Å². The summed E-state index contributed by atoms with van der Waals surface area (Å²) >= 11 is 0. The van der Waals surface area contributed by atoms with Crippen molar-refractivity contribution in [1.29, 1.82) is 0 Å². The largest absolute Gasteiger partial charge is 0.461 e. The van der Waals surface area contributed by atoms with Gasteiger partial charge >= 0.3 is 5.97 Å². The van der Waals surface area contributed by atoms with E-state index in [1.54, 1.807) is 0 Å². The van der Waals surface area contributed by atoms with E-state index in [2.05, 4.69) is 0 Å². The maximum atomic E-state index is 11.7. The number of nitrogens with zero attached hydrogens (tertiary/aromatic N) is 1. The van der Waals surface area contributed by atoms with E-state index in [1.165, 1.54) is 0 Å². The van der Waals surface area contributed by atoms with Crippen molar-refractivity contribution in [3.05, 3.63) is 35.9 Å². The molecule has 0 spiro atoms. The fourth-order valence-electron chi connectivity index (χ4n) is 2.40. The first-order chi connectivity index (χ1) is 11.2. The second kappa shape index (κ2) is 9.76. The molecule has 0 unspecified atom stereocenters. The molecule has 0 aliphatic heterocycles. The molecular formula is C17H28NO5S+. The van der Waals surface area contributed by atoms with Crippen LogP contribution in [0.3, 0.4) is 0 Å². The summed E-state index contributed by atoms with van der Waals surface area (Å²) in [6.45, 7) is 1.91. The quantitative estimate of drug-likeness (QED) is 0.284. The monoisotopic (exact) mass is 358 g/mol. The molecule has 0 radical (unpaired) electrons. The second-order valence-electron chi connectivity index (χ2n) is 6.63. The molecule has 0 heterocycles. The molecule has 0 saturated carbocycles. The summed E-state index contributed by atoms with van der Waals surface area (Å²) in [4.78, 5) is 11.7. The van der Waals surface area contributed by atoms with Crippen LogP contribution in [0.5, 0.6) is 0 Å². The van der Waals surface area contributed by atoms with Gasteiger partial charge in [-0.2, -0.15) is 8.42 Å². The summed E-state index contributed by atoms with van der Waals surface area (Å²) in [6.07, 6.45) is 2.25. The zero-order chi connectivity index (χ0) is 18.1. The van der Waals surface area contributed by atoms with Crippen LogP contribution in [-0.2, 0) is 26.3 Å². The van der Waals surface area contributed by atoms with Crippen LogP contribution in [0.25, 0.3) is 0 Å². The van der Waals surface area contributed by atoms with Crippen LogP contribution in [-0.4, -0.2) is 56.4 Å². The minimum atomic E-state index is -3.87. The fraction of sp³-hybridized carbons (Fsp3) is 0.588. The van der Waals surface area contributed by atoms with E-state index in [0.29, 0.717) is 30.4 Å². The number of carbonyl (C=O) groups excluding carboxylic acids is 1. The topological polar surface area (TPSA) is 80.7 Å². The van der Waals surface area contributed by atoms with Gasteiger partial charge in [-0.15, -0.1) is 0 Å². The van der Waals surface area contributed by atoms with E-state index < -0.39 is 10.1 Å². The van der Waals surface area contributed by atoms with Gasteiger partial charge in [0.2, 0.25) is 0 Å². The Hall–Kier alpha value is -1.44. The third-order valence-corrected chi connectivity index (χ3v) is 4.61. The average Bonchev–Trinajstić information content (AvgIpc) is 2.50. The number of hydrogen-bond donors (Lipinski definition) is 1. The maximum absolute atomic E-state index is 11.7. The first-order valence-electron chi connectivity index (χ1n) is 8.15. The molecule has 24 heavy (non-hydrogen) atoms. The molecule has 1 aromatic carbocycles. The second-order valence-corrected chi connectivity index (χ2v) is 8.20. The number of unbranched alkanes of at least 4 members (excludes halogenated alkanes) is 1. The van der Waals surface area contributed by atoms with Crippen LogP contribution >= 0.6 is 0 Å². The molecule has 7 heteroatoms. The van der Waals surface area contributed by atoms with Crippen LogP contribution in [0.4, 0.5) is 0 Å². The van der Waals surface area contributed by atoms with Crippen LogP contribution in [0, 0.1) is 0 Å². The predicted octanol–water partition coefficient (Wildman–Crippen LogP) is 2.25. The molecule has 0 aliphatic rings. The summed E-state index contributed by atoms with van der Waals surface area (Å²) in [5.74, 6) is -0.399. The molecule has 0 saturated heterocycles. The molecule has 0 bridgehead atoms. The van der Waals surface area contributed by atoms with Gasteiger partial charge in [-0.3, -0.25) is 9.35 Å². The van der Waals surface area contributed by atoms with Crippen molar-refractivity contribution < 1.29 is 27.0 Å². The Kier molecular flexibility index (Phi) is 8.38. The van der Waals surface area contributed by atoms with Gasteiger partial charge in [-0.05, 0) is 18.4 Å². The molecule has 1 rings (SSSR count). The van der Waals surface area contributed by atoms with Crippen molar-refractivity contribution >= 4 is 16.1 Å². The molecule has 1 N–H and O–H groups in total.